The van der Waals surface area contributed by atoms with Crippen molar-refractivity contribution in [3.8, 4) is 11.5 Å². The Morgan fingerprint density at radius 3 is 2.43 bits per heavy atom. The number of methoxy groups -OCH3 is 2. The molecule has 146 valence electrons. The van der Waals surface area contributed by atoms with E-state index < -0.39 is 11.8 Å². The van der Waals surface area contributed by atoms with Crippen LogP contribution in [0.25, 0.3) is 6.08 Å². The lowest BCUT2D eigenvalue weighted by Crippen LogP contribution is -2.34. The number of para-hydroxylation sites is 1. The van der Waals surface area contributed by atoms with Gasteiger partial charge in [-0.25, -0.2) is 5.43 Å². The van der Waals surface area contributed by atoms with Gasteiger partial charge in [0.15, 0.2) is 0 Å². The molecule has 2 amide bonds. The zero-order valence-corrected chi connectivity index (χ0v) is 16.1. The number of ether oxygens (including phenoxy) is 2. The van der Waals surface area contributed by atoms with Crippen molar-refractivity contribution in [1.29, 1.82) is 0 Å². The average molecular weight is 381 g/mol. The summed E-state index contributed by atoms with van der Waals surface area (Å²) in [6.07, 6.45) is 2.97. The van der Waals surface area contributed by atoms with E-state index in [1.54, 1.807) is 33.3 Å². The van der Waals surface area contributed by atoms with Crippen LogP contribution in [-0.2, 0) is 9.59 Å². The molecule has 2 N–H and O–H groups in total. The lowest BCUT2D eigenvalue weighted by Gasteiger charge is -2.05. The third-order valence-electron chi connectivity index (χ3n) is 3.83. The van der Waals surface area contributed by atoms with E-state index in [1.807, 2.05) is 42.5 Å². The maximum atomic E-state index is 11.9. The lowest BCUT2D eigenvalue weighted by atomic mass is 10.1. The van der Waals surface area contributed by atoms with Crippen LogP contribution >= 0.6 is 0 Å². The van der Waals surface area contributed by atoms with Gasteiger partial charge in [-0.2, -0.15) is 5.10 Å². The molecule has 0 saturated carbocycles. The first-order valence-electron chi connectivity index (χ1n) is 8.60. The van der Waals surface area contributed by atoms with Crippen molar-refractivity contribution >= 4 is 23.6 Å². The van der Waals surface area contributed by atoms with Gasteiger partial charge in [-0.05, 0) is 48.9 Å². The van der Waals surface area contributed by atoms with Crippen molar-refractivity contribution in [1.82, 2.24) is 10.7 Å². The van der Waals surface area contributed by atoms with Crippen LogP contribution in [0, 0.1) is 0 Å². The topological polar surface area (TPSA) is 89.0 Å². The number of hydrogen-bond donors (Lipinski definition) is 2. The Kier molecular flexibility index (Phi) is 7.77. The molecule has 0 unspecified atom stereocenters. The van der Waals surface area contributed by atoms with Gasteiger partial charge in [0.2, 0.25) is 5.91 Å². The highest BCUT2D eigenvalue weighted by Crippen LogP contribution is 2.18. The monoisotopic (exact) mass is 381 g/mol. The number of hydrazone groups is 1. The van der Waals surface area contributed by atoms with E-state index in [4.69, 9.17) is 9.47 Å². The molecule has 7 nitrogen and oxygen atoms in total. The minimum atomic E-state index is -0.424. The fourth-order valence-corrected chi connectivity index (χ4v) is 2.28. The predicted molar refractivity (Wildman–Crippen MR) is 108 cm³/mol. The molecule has 0 aromatic heterocycles. The molecule has 0 heterocycles. The Balaban J connectivity index is 1.82. The summed E-state index contributed by atoms with van der Waals surface area (Å²) in [7, 11) is 3.15. The van der Waals surface area contributed by atoms with E-state index in [1.165, 1.54) is 6.08 Å². The second kappa shape index (κ2) is 10.5. The number of rotatable bonds is 8. The van der Waals surface area contributed by atoms with Gasteiger partial charge in [0, 0.05) is 11.6 Å². The van der Waals surface area contributed by atoms with E-state index in [2.05, 4.69) is 15.8 Å². The second-order valence-corrected chi connectivity index (χ2v) is 5.75. The lowest BCUT2D eigenvalue weighted by molar-refractivity contribution is -0.123. The highest BCUT2D eigenvalue weighted by atomic mass is 16.5. The highest BCUT2D eigenvalue weighted by Gasteiger charge is 2.04. The Labute approximate surface area is 164 Å². The molecule has 0 bridgehead atoms. The Hall–Kier alpha value is -3.61. The van der Waals surface area contributed by atoms with Crippen LogP contribution in [0.4, 0.5) is 0 Å². The van der Waals surface area contributed by atoms with Crippen LogP contribution in [0.2, 0.25) is 0 Å². The second-order valence-electron chi connectivity index (χ2n) is 5.75. The van der Waals surface area contributed by atoms with Gasteiger partial charge in [0.1, 0.15) is 11.5 Å². The summed E-state index contributed by atoms with van der Waals surface area (Å²) < 4.78 is 10.3. The van der Waals surface area contributed by atoms with Gasteiger partial charge >= 0.3 is 0 Å². The van der Waals surface area contributed by atoms with Gasteiger partial charge in [-0.3, -0.25) is 9.59 Å². The van der Waals surface area contributed by atoms with Gasteiger partial charge < -0.3 is 14.8 Å². The van der Waals surface area contributed by atoms with Crippen LogP contribution < -0.4 is 20.2 Å². The largest absolute Gasteiger partial charge is 0.497 e. The summed E-state index contributed by atoms with van der Waals surface area (Å²) >= 11 is 0. The van der Waals surface area contributed by atoms with Crippen LogP contribution in [0.1, 0.15) is 18.1 Å². The molecule has 2 aromatic carbocycles. The molecular weight excluding hydrogens is 358 g/mol. The smallest absolute Gasteiger partial charge is 0.259 e. The standard InChI is InChI=1S/C21H23N3O4/c1-15(16-8-11-18(27-2)12-9-16)23-24-21(26)14-22-20(25)13-10-17-6-4-5-7-19(17)28-3/h4-13H,14H2,1-3H3,(H,22,25)(H,24,26). The number of nitrogens with one attached hydrogen (secondary N) is 2. The highest BCUT2D eigenvalue weighted by molar-refractivity contribution is 5.99. The fraction of sp³-hybridized carbons (Fsp3) is 0.190. The number of carbonyl (C=O) groups is 2. The Morgan fingerprint density at radius 1 is 1.04 bits per heavy atom. The summed E-state index contributed by atoms with van der Waals surface area (Å²) in [5.74, 6) is 0.584. The molecule has 2 rings (SSSR count). The van der Waals surface area contributed by atoms with E-state index in [0.29, 0.717) is 11.5 Å². The van der Waals surface area contributed by atoms with Gasteiger partial charge in [0.25, 0.3) is 5.91 Å². The molecule has 0 aliphatic heterocycles. The fourth-order valence-electron chi connectivity index (χ4n) is 2.28. The molecule has 0 aliphatic rings. The van der Waals surface area contributed by atoms with Crippen molar-refractivity contribution in [2.75, 3.05) is 20.8 Å². The summed E-state index contributed by atoms with van der Waals surface area (Å²) in [6, 6.07) is 14.6. The molecule has 7 heteroatoms. The van der Waals surface area contributed by atoms with Crippen molar-refractivity contribution in [3.63, 3.8) is 0 Å². The van der Waals surface area contributed by atoms with E-state index in [-0.39, 0.29) is 6.54 Å². The van der Waals surface area contributed by atoms with E-state index >= 15 is 0 Å². The van der Waals surface area contributed by atoms with E-state index in [9.17, 15) is 9.59 Å². The Morgan fingerprint density at radius 2 is 1.75 bits per heavy atom. The maximum absolute atomic E-state index is 11.9. The first-order chi connectivity index (χ1) is 13.5. The summed E-state index contributed by atoms with van der Waals surface area (Å²) in [5, 5.41) is 6.54. The Bertz CT molecular complexity index is 873. The molecule has 0 radical (unpaired) electrons. The minimum Gasteiger partial charge on any atom is -0.497 e. The number of hydrogen-bond acceptors (Lipinski definition) is 5. The predicted octanol–water partition coefficient (Wildman–Crippen LogP) is 2.37. The van der Waals surface area contributed by atoms with E-state index in [0.717, 1.165) is 16.9 Å². The average Bonchev–Trinajstić information content (AvgIpc) is 2.74. The molecule has 0 saturated heterocycles. The molecule has 0 spiro atoms. The molecule has 0 fully saturated rings. The molecule has 28 heavy (non-hydrogen) atoms. The summed E-state index contributed by atoms with van der Waals surface area (Å²) in [4.78, 5) is 23.7. The SMILES string of the molecule is COc1ccc(C(C)=NNC(=O)CNC(=O)C=Cc2ccccc2OC)cc1. The zero-order valence-electron chi connectivity index (χ0n) is 16.1. The summed E-state index contributed by atoms with van der Waals surface area (Å²) in [5.41, 5.74) is 4.67. The van der Waals surface area contributed by atoms with Gasteiger partial charge in [0.05, 0.1) is 26.5 Å². The third-order valence-corrected chi connectivity index (χ3v) is 3.83. The molecular formula is C21H23N3O4. The van der Waals surface area contributed by atoms with Crippen LogP contribution in [0.15, 0.2) is 59.7 Å². The molecule has 2 aromatic rings. The van der Waals surface area contributed by atoms with Gasteiger partial charge in [-0.15, -0.1) is 0 Å². The first-order valence-corrected chi connectivity index (χ1v) is 8.60. The number of carbonyl (C=O) groups excluding carboxylic acids is 2. The maximum Gasteiger partial charge on any atom is 0.259 e. The summed E-state index contributed by atoms with van der Waals surface area (Å²) in [6.45, 7) is 1.59. The number of benzene rings is 2. The van der Waals surface area contributed by atoms with Crippen molar-refractivity contribution in [2.45, 2.75) is 6.92 Å². The number of nitrogens with zero attached hydrogens (tertiary/aromatic N) is 1. The van der Waals surface area contributed by atoms with Crippen LogP contribution in [0.3, 0.4) is 0 Å². The molecule has 0 aliphatic carbocycles. The van der Waals surface area contributed by atoms with Crippen molar-refractivity contribution in [2.24, 2.45) is 5.10 Å². The quantitative estimate of drug-likeness (QED) is 0.417. The van der Waals surface area contributed by atoms with Crippen LogP contribution in [0.5, 0.6) is 11.5 Å². The van der Waals surface area contributed by atoms with Crippen LogP contribution in [-0.4, -0.2) is 38.3 Å². The first kappa shape index (κ1) is 20.7. The van der Waals surface area contributed by atoms with Crippen molar-refractivity contribution < 1.29 is 19.1 Å². The van der Waals surface area contributed by atoms with Crippen molar-refractivity contribution in [3.05, 3.63) is 65.7 Å². The number of amides is 2. The zero-order chi connectivity index (χ0) is 20.4. The third kappa shape index (κ3) is 6.28. The normalized spacial score (nSPS) is 11.2. The minimum absolute atomic E-state index is 0.186. The molecule has 0 atom stereocenters. The van der Waals surface area contributed by atoms with Gasteiger partial charge in [-0.1, -0.05) is 18.2 Å².